The van der Waals surface area contributed by atoms with Gasteiger partial charge in [-0.25, -0.2) is 0 Å². The third-order valence-corrected chi connectivity index (χ3v) is 3.96. The van der Waals surface area contributed by atoms with Crippen molar-refractivity contribution in [3.05, 3.63) is 84.9 Å². The molecule has 0 nitrogen and oxygen atoms in total. The van der Waals surface area contributed by atoms with Gasteiger partial charge in [0, 0.05) is 0 Å². The van der Waals surface area contributed by atoms with E-state index in [-0.39, 0.29) is 0 Å². The monoisotopic (exact) mass is 265 g/mol. The smallest absolute Gasteiger partial charge is 0.0737 e. The molecule has 0 atom stereocenters. The molecule has 0 saturated carbocycles. The molecule has 0 aliphatic carbocycles. The molecule has 0 aliphatic rings. The molecule has 0 saturated heterocycles. The van der Waals surface area contributed by atoms with Crippen LogP contribution in [0.2, 0.25) is 0 Å². The Hall–Kier alpha value is -2.54. The van der Waals surface area contributed by atoms with E-state index in [1.54, 1.807) is 0 Å². The van der Waals surface area contributed by atoms with Gasteiger partial charge in [0.05, 0.1) is 0 Å². The molecule has 0 N–H and O–H groups in total. The Labute approximate surface area is 125 Å². The quantitative estimate of drug-likeness (QED) is 0.485. The number of hydrogen-bond acceptors (Lipinski definition) is 0. The van der Waals surface area contributed by atoms with Crippen LogP contribution in [0.25, 0.3) is 21.5 Å². The van der Waals surface area contributed by atoms with Gasteiger partial charge in [-0.05, 0) is 21.5 Å². The minimum Gasteiger partial charge on any atom is -0.0737 e. The third-order valence-electron chi connectivity index (χ3n) is 3.96. The van der Waals surface area contributed by atoms with E-state index in [9.17, 15) is 0 Å². The molecule has 0 aromatic heterocycles. The molecule has 1 heteroatoms. The first-order valence-corrected chi connectivity index (χ1v) is 7.22. The van der Waals surface area contributed by atoms with Crippen LogP contribution in [0.5, 0.6) is 0 Å². The Morgan fingerprint density at radius 1 is 0.429 bits per heavy atom. The van der Waals surface area contributed by atoms with Crippen molar-refractivity contribution in [2.24, 2.45) is 0 Å². The molecule has 97 valence electrons. The van der Waals surface area contributed by atoms with Crippen LogP contribution in [-0.2, 0) is 0 Å². The van der Waals surface area contributed by atoms with Gasteiger partial charge in [-0.15, -0.1) is 0 Å². The number of benzene rings is 4. The van der Waals surface area contributed by atoms with Crippen molar-refractivity contribution in [1.82, 2.24) is 0 Å². The maximum absolute atomic E-state index is 2.28. The fraction of sp³-hybridized carbons (Fsp3) is 0. The average Bonchev–Trinajstić information content (AvgIpc) is 2.56. The summed E-state index contributed by atoms with van der Waals surface area (Å²) in [5.74, 6) is 0. The summed E-state index contributed by atoms with van der Waals surface area (Å²) in [6.45, 7) is 0. The topological polar surface area (TPSA) is 0 Å². The highest BCUT2D eigenvalue weighted by Gasteiger charge is 2.06. The summed E-state index contributed by atoms with van der Waals surface area (Å²) in [4.78, 5) is 0. The summed E-state index contributed by atoms with van der Waals surface area (Å²) < 4.78 is 0. The second-order valence-electron chi connectivity index (χ2n) is 5.28. The lowest BCUT2D eigenvalue weighted by molar-refractivity contribution is 1.77. The van der Waals surface area contributed by atoms with Crippen LogP contribution in [0.1, 0.15) is 0 Å². The summed E-state index contributed by atoms with van der Waals surface area (Å²) in [7, 11) is 2.28. The molecule has 0 unspecified atom stereocenters. The van der Waals surface area contributed by atoms with E-state index < -0.39 is 0 Å². The van der Waals surface area contributed by atoms with Crippen molar-refractivity contribution >= 4 is 39.8 Å². The SMILES string of the molecule is [B](c1cccc2ccccc12)c1cccc2ccccc12. The summed E-state index contributed by atoms with van der Waals surface area (Å²) >= 11 is 0. The van der Waals surface area contributed by atoms with Gasteiger partial charge in [0.15, 0.2) is 7.28 Å². The highest BCUT2D eigenvalue weighted by Crippen LogP contribution is 2.12. The van der Waals surface area contributed by atoms with Gasteiger partial charge in [-0.1, -0.05) is 95.9 Å². The first-order chi connectivity index (χ1) is 10.4. The number of fused-ring (bicyclic) bond motifs is 2. The molecule has 0 spiro atoms. The molecule has 4 rings (SSSR count). The maximum atomic E-state index is 2.28. The second-order valence-corrected chi connectivity index (χ2v) is 5.28. The molecular formula is C20H14B. The Bertz CT molecular complexity index is 837. The van der Waals surface area contributed by atoms with E-state index in [0.717, 1.165) is 0 Å². The van der Waals surface area contributed by atoms with E-state index in [0.29, 0.717) is 0 Å². The van der Waals surface area contributed by atoms with Gasteiger partial charge < -0.3 is 0 Å². The first-order valence-electron chi connectivity index (χ1n) is 7.22. The lowest BCUT2D eigenvalue weighted by Gasteiger charge is -2.08. The van der Waals surface area contributed by atoms with E-state index in [1.165, 1.54) is 32.5 Å². The Balaban J connectivity index is 1.87. The van der Waals surface area contributed by atoms with Crippen molar-refractivity contribution in [2.75, 3.05) is 0 Å². The zero-order valence-electron chi connectivity index (χ0n) is 11.7. The molecule has 0 bridgehead atoms. The predicted octanol–water partition coefficient (Wildman–Crippen LogP) is 3.65. The molecule has 0 amide bonds. The van der Waals surface area contributed by atoms with Gasteiger partial charge in [-0.3, -0.25) is 0 Å². The summed E-state index contributed by atoms with van der Waals surface area (Å²) in [6.07, 6.45) is 0. The van der Waals surface area contributed by atoms with Gasteiger partial charge in [-0.2, -0.15) is 0 Å². The van der Waals surface area contributed by atoms with Gasteiger partial charge in [0.25, 0.3) is 0 Å². The van der Waals surface area contributed by atoms with Gasteiger partial charge in [0.2, 0.25) is 0 Å². The largest absolute Gasteiger partial charge is 0.193 e. The molecule has 0 heterocycles. The first kappa shape index (κ1) is 12.2. The zero-order valence-corrected chi connectivity index (χ0v) is 11.7. The molecule has 0 aliphatic heterocycles. The third kappa shape index (κ3) is 2.21. The lowest BCUT2D eigenvalue weighted by atomic mass is 9.61. The van der Waals surface area contributed by atoms with Gasteiger partial charge >= 0.3 is 0 Å². The van der Waals surface area contributed by atoms with Gasteiger partial charge in [0.1, 0.15) is 0 Å². The Kier molecular flexibility index (Phi) is 2.97. The fourth-order valence-electron chi connectivity index (χ4n) is 2.92. The zero-order chi connectivity index (χ0) is 14.1. The molecule has 1 radical (unpaired) electrons. The molecular weight excluding hydrogens is 251 g/mol. The minimum atomic E-state index is 1.27. The fourth-order valence-corrected chi connectivity index (χ4v) is 2.92. The van der Waals surface area contributed by atoms with Crippen LogP contribution in [0.4, 0.5) is 0 Å². The minimum absolute atomic E-state index is 1.27. The molecule has 4 aromatic carbocycles. The highest BCUT2D eigenvalue weighted by molar-refractivity contribution is 6.72. The summed E-state index contributed by atoms with van der Waals surface area (Å²) in [6, 6.07) is 30.0. The molecule has 0 fully saturated rings. The molecule has 21 heavy (non-hydrogen) atoms. The van der Waals surface area contributed by atoms with Crippen molar-refractivity contribution in [3.63, 3.8) is 0 Å². The predicted molar refractivity (Wildman–Crippen MR) is 92.9 cm³/mol. The van der Waals surface area contributed by atoms with Crippen molar-refractivity contribution in [3.8, 4) is 0 Å². The van der Waals surface area contributed by atoms with Crippen LogP contribution in [-0.4, -0.2) is 7.28 Å². The average molecular weight is 265 g/mol. The van der Waals surface area contributed by atoms with Crippen LogP contribution in [0.3, 0.4) is 0 Å². The van der Waals surface area contributed by atoms with Crippen molar-refractivity contribution in [2.45, 2.75) is 0 Å². The van der Waals surface area contributed by atoms with Crippen LogP contribution < -0.4 is 10.9 Å². The van der Waals surface area contributed by atoms with Crippen LogP contribution in [0, 0.1) is 0 Å². The van der Waals surface area contributed by atoms with Crippen molar-refractivity contribution in [1.29, 1.82) is 0 Å². The summed E-state index contributed by atoms with van der Waals surface area (Å²) in [5.41, 5.74) is 2.54. The lowest BCUT2D eigenvalue weighted by Crippen LogP contribution is -2.28. The van der Waals surface area contributed by atoms with E-state index in [2.05, 4.69) is 92.2 Å². The molecule has 4 aromatic rings. The Morgan fingerprint density at radius 3 is 1.38 bits per heavy atom. The van der Waals surface area contributed by atoms with Crippen LogP contribution in [0.15, 0.2) is 84.9 Å². The number of hydrogen-bond donors (Lipinski definition) is 0. The maximum Gasteiger partial charge on any atom is 0.193 e. The Morgan fingerprint density at radius 2 is 0.857 bits per heavy atom. The second kappa shape index (κ2) is 5.10. The van der Waals surface area contributed by atoms with E-state index in [4.69, 9.17) is 0 Å². The number of rotatable bonds is 2. The van der Waals surface area contributed by atoms with Crippen molar-refractivity contribution < 1.29 is 0 Å². The highest BCUT2D eigenvalue weighted by atomic mass is 14.0. The normalized spacial score (nSPS) is 10.9. The van der Waals surface area contributed by atoms with E-state index >= 15 is 0 Å². The van der Waals surface area contributed by atoms with Crippen LogP contribution >= 0.6 is 0 Å². The standard InChI is InChI=1S/C20H14B/c1-3-11-17-15(7-1)9-5-13-19(17)21-20-14-6-10-16-8-2-4-12-18(16)20/h1-14H. The summed E-state index contributed by atoms with van der Waals surface area (Å²) in [5, 5.41) is 5.17. The van der Waals surface area contributed by atoms with E-state index in [1.807, 2.05) is 0 Å².